The van der Waals surface area contributed by atoms with Gasteiger partial charge in [-0.05, 0) is 32.9 Å². The smallest absolute Gasteiger partial charge is 0.257 e. The second-order valence-electron chi connectivity index (χ2n) is 6.66. The number of aliphatic hydroxyl groups excluding tert-OH is 1. The quantitative estimate of drug-likeness (QED) is 0.810. The SMILES string of the molecule is CCn1cc(O[C@@H]2CN(C(=O)c3cccnc3NC(C)C)C[C@H]2O)cn1. The first-order valence-electron chi connectivity index (χ1n) is 8.86. The van der Waals surface area contributed by atoms with Crippen LogP contribution in [0.1, 0.15) is 31.1 Å². The molecule has 2 atom stereocenters. The maximum atomic E-state index is 12.9. The summed E-state index contributed by atoms with van der Waals surface area (Å²) in [6, 6.07) is 3.64. The summed E-state index contributed by atoms with van der Waals surface area (Å²) in [5.41, 5.74) is 0.493. The van der Waals surface area contributed by atoms with Gasteiger partial charge in [-0.3, -0.25) is 9.48 Å². The van der Waals surface area contributed by atoms with E-state index in [-0.39, 0.29) is 18.5 Å². The van der Waals surface area contributed by atoms with E-state index in [4.69, 9.17) is 4.74 Å². The van der Waals surface area contributed by atoms with E-state index >= 15 is 0 Å². The average molecular weight is 359 g/mol. The van der Waals surface area contributed by atoms with E-state index in [1.54, 1.807) is 40.3 Å². The van der Waals surface area contributed by atoms with E-state index in [0.29, 0.717) is 23.7 Å². The minimum Gasteiger partial charge on any atom is -0.482 e. The van der Waals surface area contributed by atoms with E-state index in [2.05, 4.69) is 15.4 Å². The monoisotopic (exact) mass is 359 g/mol. The maximum Gasteiger partial charge on any atom is 0.257 e. The number of β-amino-alcohol motifs (C(OH)–C–C–N with tert-alkyl or cyclic N) is 1. The van der Waals surface area contributed by atoms with Gasteiger partial charge in [0, 0.05) is 18.8 Å². The molecule has 2 aromatic heterocycles. The van der Waals surface area contributed by atoms with Crippen LogP contribution in [-0.4, -0.2) is 62.0 Å². The molecule has 1 fully saturated rings. The number of carbonyl (C=O) groups is 1. The van der Waals surface area contributed by atoms with Crippen LogP contribution in [0.3, 0.4) is 0 Å². The fourth-order valence-corrected chi connectivity index (χ4v) is 2.93. The molecule has 0 aliphatic carbocycles. The third-order valence-corrected chi connectivity index (χ3v) is 4.21. The van der Waals surface area contributed by atoms with E-state index in [0.717, 1.165) is 6.54 Å². The van der Waals surface area contributed by atoms with Crippen LogP contribution < -0.4 is 10.1 Å². The molecule has 1 aliphatic heterocycles. The number of nitrogens with zero attached hydrogens (tertiary/aromatic N) is 4. The van der Waals surface area contributed by atoms with Crippen LogP contribution in [-0.2, 0) is 6.54 Å². The lowest BCUT2D eigenvalue weighted by Crippen LogP contribution is -2.32. The number of hydrogen-bond acceptors (Lipinski definition) is 6. The van der Waals surface area contributed by atoms with Crippen molar-refractivity contribution in [1.29, 1.82) is 0 Å². The highest BCUT2D eigenvalue weighted by atomic mass is 16.5. The number of ether oxygens (including phenoxy) is 1. The van der Waals surface area contributed by atoms with Gasteiger partial charge in [-0.1, -0.05) is 0 Å². The summed E-state index contributed by atoms with van der Waals surface area (Å²) in [5, 5.41) is 17.7. The molecule has 1 aliphatic rings. The van der Waals surface area contributed by atoms with Crippen LogP contribution in [0.15, 0.2) is 30.7 Å². The first-order valence-corrected chi connectivity index (χ1v) is 8.86. The lowest BCUT2D eigenvalue weighted by molar-refractivity contribution is 0.0729. The Balaban J connectivity index is 1.70. The van der Waals surface area contributed by atoms with Gasteiger partial charge in [0.2, 0.25) is 0 Å². The minimum absolute atomic E-state index is 0.159. The van der Waals surface area contributed by atoms with Crippen molar-refractivity contribution in [3.05, 3.63) is 36.3 Å². The average Bonchev–Trinajstić information content (AvgIpc) is 3.21. The van der Waals surface area contributed by atoms with E-state index in [9.17, 15) is 9.90 Å². The van der Waals surface area contributed by atoms with Crippen molar-refractivity contribution in [2.24, 2.45) is 0 Å². The molecule has 0 radical (unpaired) electrons. The summed E-state index contributed by atoms with van der Waals surface area (Å²) < 4.78 is 7.57. The molecule has 0 spiro atoms. The van der Waals surface area contributed by atoms with Gasteiger partial charge >= 0.3 is 0 Å². The minimum atomic E-state index is -0.748. The second kappa shape index (κ2) is 7.74. The summed E-state index contributed by atoms with van der Waals surface area (Å²) in [5.74, 6) is 0.972. The Bertz CT molecular complexity index is 761. The largest absolute Gasteiger partial charge is 0.482 e. The van der Waals surface area contributed by atoms with E-state index < -0.39 is 12.2 Å². The molecule has 140 valence electrons. The molecule has 0 aromatic carbocycles. The lowest BCUT2D eigenvalue weighted by Gasteiger charge is -2.19. The highest BCUT2D eigenvalue weighted by Gasteiger charge is 2.37. The van der Waals surface area contributed by atoms with Crippen LogP contribution in [0.2, 0.25) is 0 Å². The Morgan fingerprint density at radius 1 is 1.46 bits per heavy atom. The number of pyridine rings is 1. The first kappa shape index (κ1) is 18.2. The Kier molecular flexibility index (Phi) is 5.41. The Labute approximate surface area is 152 Å². The molecule has 3 rings (SSSR count). The molecule has 0 bridgehead atoms. The molecule has 0 unspecified atom stereocenters. The molecule has 2 aromatic rings. The number of aromatic nitrogens is 3. The standard InChI is InChI=1S/C18H25N5O3/c1-4-23-9-13(8-20-23)26-16-11-22(10-15(16)24)18(25)14-6-5-7-19-17(14)21-12(2)3/h5-9,12,15-16,24H,4,10-11H2,1-3H3,(H,19,21)/t15-,16-/m1/s1. The van der Waals surface area contributed by atoms with Gasteiger partial charge in [0.05, 0.1) is 31.0 Å². The van der Waals surface area contributed by atoms with E-state index in [1.165, 1.54) is 0 Å². The fourth-order valence-electron chi connectivity index (χ4n) is 2.93. The van der Waals surface area contributed by atoms with Gasteiger partial charge in [-0.15, -0.1) is 0 Å². The molecule has 3 heterocycles. The summed E-state index contributed by atoms with van der Waals surface area (Å²) in [6.07, 6.45) is 3.82. The summed E-state index contributed by atoms with van der Waals surface area (Å²) >= 11 is 0. The van der Waals surface area contributed by atoms with Gasteiger partial charge < -0.3 is 20.1 Å². The van der Waals surface area contributed by atoms with Crippen molar-refractivity contribution in [3.8, 4) is 5.75 Å². The van der Waals surface area contributed by atoms with Crippen molar-refractivity contribution >= 4 is 11.7 Å². The zero-order valence-corrected chi connectivity index (χ0v) is 15.3. The highest BCUT2D eigenvalue weighted by molar-refractivity contribution is 5.99. The Hall–Kier alpha value is -2.61. The molecule has 8 heteroatoms. The van der Waals surface area contributed by atoms with Gasteiger partial charge in [0.1, 0.15) is 18.0 Å². The molecule has 0 saturated carbocycles. The molecular formula is C18H25N5O3. The topological polar surface area (TPSA) is 92.5 Å². The number of likely N-dealkylation sites (tertiary alicyclic amines) is 1. The van der Waals surface area contributed by atoms with Crippen molar-refractivity contribution in [2.45, 2.75) is 45.6 Å². The predicted molar refractivity (Wildman–Crippen MR) is 97.2 cm³/mol. The lowest BCUT2D eigenvalue weighted by atomic mass is 10.2. The van der Waals surface area contributed by atoms with Crippen molar-refractivity contribution in [2.75, 3.05) is 18.4 Å². The Morgan fingerprint density at radius 3 is 2.96 bits per heavy atom. The summed E-state index contributed by atoms with van der Waals surface area (Å²) in [6.45, 7) is 7.24. The normalized spacial score (nSPS) is 19.8. The fraction of sp³-hybridized carbons (Fsp3) is 0.500. The van der Waals surface area contributed by atoms with Gasteiger partial charge in [-0.2, -0.15) is 5.10 Å². The number of aryl methyl sites for hydroxylation is 1. The molecule has 26 heavy (non-hydrogen) atoms. The van der Waals surface area contributed by atoms with Crippen LogP contribution in [0.4, 0.5) is 5.82 Å². The summed E-state index contributed by atoms with van der Waals surface area (Å²) in [7, 11) is 0. The third kappa shape index (κ3) is 3.96. The van der Waals surface area contributed by atoms with Crippen molar-refractivity contribution < 1.29 is 14.6 Å². The third-order valence-electron chi connectivity index (χ3n) is 4.21. The zero-order chi connectivity index (χ0) is 18.7. The Morgan fingerprint density at radius 2 is 2.27 bits per heavy atom. The van der Waals surface area contributed by atoms with E-state index in [1.807, 2.05) is 20.8 Å². The van der Waals surface area contributed by atoms with Crippen molar-refractivity contribution in [3.63, 3.8) is 0 Å². The van der Waals surface area contributed by atoms with Crippen LogP contribution >= 0.6 is 0 Å². The highest BCUT2D eigenvalue weighted by Crippen LogP contribution is 2.22. The number of rotatable bonds is 6. The van der Waals surface area contributed by atoms with Crippen LogP contribution in [0, 0.1) is 0 Å². The first-order chi connectivity index (χ1) is 12.5. The number of hydrogen-bond donors (Lipinski definition) is 2. The number of carbonyl (C=O) groups excluding carboxylic acids is 1. The van der Waals surface area contributed by atoms with Gasteiger partial charge in [0.15, 0.2) is 5.75 Å². The molecule has 1 saturated heterocycles. The molecule has 2 N–H and O–H groups in total. The maximum absolute atomic E-state index is 12.9. The number of aliphatic hydroxyl groups is 1. The molecule has 8 nitrogen and oxygen atoms in total. The second-order valence-corrected chi connectivity index (χ2v) is 6.66. The number of nitrogens with one attached hydrogen (secondary N) is 1. The summed E-state index contributed by atoms with van der Waals surface area (Å²) in [4.78, 5) is 18.8. The van der Waals surface area contributed by atoms with Gasteiger partial charge in [-0.25, -0.2) is 4.98 Å². The zero-order valence-electron chi connectivity index (χ0n) is 15.3. The number of amides is 1. The molecular weight excluding hydrogens is 334 g/mol. The van der Waals surface area contributed by atoms with Crippen LogP contribution in [0.25, 0.3) is 0 Å². The molecule has 1 amide bonds. The van der Waals surface area contributed by atoms with Gasteiger partial charge in [0.25, 0.3) is 5.91 Å². The van der Waals surface area contributed by atoms with Crippen molar-refractivity contribution in [1.82, 2.24) is 19.7 Å². The van der Waals surface area contributed by atoms with Crippen LogP contribution in [0.5, 0.6) is 5.75 Å². The number of anilines is 1. The predicted octanol–water partition coefficient (Wildman–Crippen LogP) is 1.38.